The van der Waals surface area contributed by atoms with Crippen molar-refractivity contribution in [3.63, 3.8) is 0 Å². The highest BCUT2D eigenvalue weighted by molar-refractivity contribution is 7.13. The summed E-state index contributed by atoms with van der Waals surface area (Å²) in [5.74, 6) is -0.0937. The maximum Gasteiger partial charge on any atom is 0.266 e. The van der Waals surface area contributed by atoms with E-state index in [1.165, 1.54) is 10.7 Å². The average Bonchev–Trinajstić information content (AvgIpc) is 3.40. The number of fused-ring (bicyclic) bond motifs is 1. The van der Waals surface area contributed by atoms with E-state index >= 15 is 0 Å². The SMILES string of the molecule is CC(C)[C@@H](Cn1nc(-c2cccs2)ccc1=O)NC(=O)c1ccc2nsnc2c1. The molecule has 0 saturated carbocycles. The summed E-state index contributed by atoms with van der Waals surface area (Å²) in [7, 11) is 0. The number of benzene rings is 1. The Balaban J connectivity index is 1.56. The monoisotopic (exact) mass is 425 g/mol. The molecule has 0 aliphatic carbocycles. The molecular formula is C20H19N5O2S2. The Labute approximate surface area is 175 Å². The van der Waals surface area contributed by atoms with Crippen LogP contribution in [0.4, 0.5) is 0 Å². The molecular weight excluding hydrogens is 406 g/mol. The summed E-state index contributed by atoms with van der Waals surface area (Å²) in [6.07, 6.45) is 0. The molecule has 148 valence electrons. The van der Waals surface area contributed by atoms with E-state index in [0.717, 1.165) is 27.8 Å². The quantitative estimate of drug-likeness (QED) is 0.511. The van der Waals surface area contributed by atoms with Crippen LogP contribution in [0.1, 0.15) is 24.2 Å². The van der Waals surface area contributed by atoms with Crippen LogP contribution in [0.2, 0.25) is 0 Å². The van der Waals surface area contributed by atoms with Crippen LogP contribution in [0.3, 0.4) is 0 Å². The predicted octanol–water partition coefficient (Wildman–Crippen LogP) is 3.43. The van der Waals surface area contributed by atoms with Gasteiger partial charge in [0.05, 0.1) is 29.2 Å². The lowest BCUT2D eigenvalue weighted by atomic mass is 10.0. The Hall–Kier alpha value is -2.91. The van der Waals surface area contributed by atoms with Gasteiger partial charge in [0.25, 0.3) is 11.5 Å². The molecule has 0 aliphatic rings. The number of carbonyl (C=O) groups excluding carboxylic acids is 1. The maximum atomic E-state index is 12.8. The molecule has 1 atom stereocenters. The van der Waals surface area contributed by atoms with Crippen molar-refractivity contribution in [2.45, 2.75) is 26.4 Å². The zero-order chi connectivity index (χ0) is 20.4. The van der Waals surface area contributed by atoms with Crippen LogP contribution in [-0.2, 0) is 6.54 Å². The Morgan fingerprint density at radius 2 is 1.97 bits per heavy atom. The first-order valence-electron chi connectivity index (χ1n) is 9.16. The van der Waals surface area contributed by atoms with Crippen molar-refractivity contribution in [3.8, 4) is 10.6 Å². The third kappa shape index (κ3) is 4.25. The van der Waals surface area contributed by atoms with Crippen LogP contribution in [0.15, 0.2) is 52.6 Å². The molecule has 0 fully saturated rings. The lowest BCUT2D eigenvalue weighted by Crippen LogP contribution is -2.44. The minimum absolute atomic E-state index is 0.114. The lowest BCUT2D eigenvalue weighted by molar-refractivity contribution is 0.0919. The minimum atomic E-state index is -0.254. The number of carbonyl (C=O) groups is 1. The molecule has 9 heteroatoms. The van der Waals surface area contributed by atoms with Gasteiger partial charge in [-0.3, -0.25) is 9.59 Å². The largest absolute Gasteiger partial charge is 0.347 e. The summed E-state index contributed by atoms with van der Waals surface area (Å²) >= 11 is 2.69. The number of hydrogen-bond acceptors (Lipinski definition) is 7. The molecule has 1 N–H and O–H groups in total. The van der Waals surface area contributed by atoms with Crippen molar-refractivity contribution in [2.75, 3.05) is 0 Å². The second kappa shape index (κ2) is 8.22. The minimum Gasteiger partial charge on any atom is -0.347 e. The Kier molecular flexibility index (Phi) is 5.50. The van der Waals surface area contributed by atoms with Crippen molar-refractivity contribution >= 4 is 40.0 Å². The van der Waals surface area contributed by atoms with Gasteiger partial charge < -0.3 is 5.32 Å². The first kappa shape index (κ1) is 19.4. The summed E-state index contributed by atoms with van der Waals surface area (Å²) in [5, 5.41) is 9.51. The molecule has 3 heterocycles. The van der Waals surface area contributed by atoms with Crippen LogP contribution >= 0.6 is 23.1 Å². The van der Waals surface area contributed by atoms with Gasteiger partial charge in [-0.25, -0.2) is 4.68 Å². The molecule has 4 rings (SSSR count). The number of thiophene rings is 1. The highest BCUT2D eigenvalue weighted by atomic mass is 32.1. The molecule has 1 aromatic carbocycles. The zero-order valence-electron chi connectivity index (χ0n) is 15.9. The number of nitrogens with zero attached hydrogens (tertiary/aromatic N) is 4. The van der Waals surface area contributed by atoms with Gasteiger partial charge in [-0.1, -0.05) is 19.9 Å². The summed E-state index contributed by atoms with van der Waals surface area (Å²) in [5.41, 5.74) is 2.54. The molecule has 0 bridgehead atoms. The standard InChI is InChI=1S/C20H19N5O2S2/c1-12(2)17(21-20(27)13-5-6-14-16(10-13)24-29-23-14)11-25-19(26)8-7-15(22-25)18-4-3-9-28-18/h3-10,12,17H,11H2,1-2H3,(H,21,27)/t17-/m1/s1. The number of aromatic nitrogens is 4. The molecule has 0 radical (unpaired) electrons. The fourth-order valence-corrected chi connectivity index (χ4v) is 4.13. The molecule has 0 saturated heterocycles. The van der Waals surface area contributed by atoms with Gasteiger partial charge in [0.1, 0.15) is 16.7 Å². The molecule has 29 heavy (non-hydrogen) atoms. The molecule has 3 aromatic heterocycles. The fourth-order valence-electron chi connectivity index (χ4n) is 2.92. The summed E-state index contributed by atoms with van der Waals surface area (Å²) in [6, 6.07) is 12.2. The van der Waals surface area contributed by atoms with E-state index in [1.54, 1.807) is 35.6 Å². The van der Waals surface area contributed by atoms with Crippen molar-refractivity contribution in [1.29, 1.82) is 0 Å². The van der Waals surface area contributed by atoms with Gasteiger partial charge in [-0.15, -0.1) is 11.3 Å². The van der Waals surface area contributed by atoms with Gasteiger partial charge in [0.2, 0.25) is 0 Å². The van der Waals surface area contributed by atoms with Crippen LogP contribution in [0.5, 0.6) is 0 Å². The van der Waals surface area contributed by atoms with Crippen LogP contribution in [0.25, 0.3) is 21.6 Å². The third-order valence-electron chi connectivity index (χ3n) is 4.65. The summed E-state index contributed by atoms with van der Waals surface area (Å²) in [4.78, 5) is 26.1. The van der Waals surface area contributed by atoms with Crippen molar-refractivity contribution in [2.24, 2.45) is 5.92 Å². The number of hydrogen-bond donors (Lipinski definition) is 1. The number of amides is 1. The molecule has 0 spiro atoms. The van der Waals surface area contributed by atoms with E-state index in [4.69, 9.17) is 0 Å². The number of rotatable bonds is 6. The number of nitrogens with one attached hydrogen (secondary N) is 1. The van der Waals surface area contributed by atoms with Gasteiger partial charge in [0.15, 0.2) is 0 Å². The van der Waals surface area contributed by atoms with E-state index in [-0.39, 0.29) is 23.4 Å². The summed E-state index contributed by atoms with van der Waals surface area (Å²) < 4.78 is 9.77. The molecule has 1 amide bonds. The molecule has 4 aromatic rings. The highest BCUT2D eigenvalue weighted by Crippen LogP contribution is 2.21. The predicted molar refractivity (Wildman–Crippen MR) is 115 cm³/mol. The second-order valence-electron chi connectivity index (χ2n) is 7.01. The highest BCUT2D eigenvalue weighted by Gasteiger charge is 2.20. The smallest absolute Gasteiger partial charge is 0.266 e. The zero-order valence-corrected chi connectivity index (χ0v) is 17.5. The van der Waals surface area contributed by atoms with Crippen LogP contribution < -0.4 is 10.9 Å². The van der Waals surface area contributed by atoms with Crippen LogP contribution in [0, 0.1) is 5.92 Å². The van der Waals surface area contributed by atoms with Crippen molar-refractivity contribution < 1.29 is 4.79 Å². The lowest BCUT2D eigenvalue weighted by Gasteiger charge is -2.23. The van der Waals surface area contributed by atoms with E-state index in [0.29, 0.717) is 17.6 Å². The van der Waals surface area contributed by atoms with E-state index < -0.39 is 0 Å². The van der Waals surface area contributed by atoms with E-state index in [2.05, 4.69) is 19.2 Å². The first-order valence-corrected chi connectivity index (χ1v) is 10.8. The third-order valence-corrected chi connectivity index (χ3v) is 6.10. The molecule has 0 aliphatic heterocycles. The average molecular weight is 426 g/mol. The Morgan fingerprint density at radius 3 is 2.72 bits per heavy atom. The Bertz CT molecular complexity index is 1200. The van der Waals surface area contributed by atoms with Crippen LogP contribution in [-0.4, -0.2) is 30.5 Å². The van der Waals surface area contributed by atoms with Crippen molar-refractivity contribution in [1.82, 2.24) is 23.8 Å². The normalized spacial score (nSPS) is 12.4. The van der Waals surface area contributed by atoms with Gasteiger partial charge in [-0.2, -0.15) is 13.8 Å². The summed E-state index contributed by atoms with van der Waals surface area (Å²) in [6.45, 7) is 4.31. The molecule has 7 nitrogen and oxygen atoms in total. The first-order chi connectivity index (χ1) is 14.0. The van der Waals surface area contributed by atoms with Crippen molar-refractivity contribution in [3.05, 3.63) is 63.8 Å². The maximum absolute atomic E-state index is 12.8. The van der Waals surface area contributed by atoms with E-state index in [1.807, 2.05) is 31.4 Å². The second-order valence-corrected chi connectivity index (χ2v) is 8.48. The fraction of sp³-hybridized carbons (Fsp3) is 0.250. The van der Waals surface area contributed by atoms with Gasteiger partial charge in [-0.05, 0) is 41.6 Å². The van der Waals surface area contributed by atoms with Gasteiger partial charge in [0, 0.05) is 11.6 Å². The Morgan fingerprint density at radius 1 is 1.14 bits per heavy atom. The van der Waals surface area contributed by atoms with E-state index in [9.17, 15) is 9.59 Å². The van der Waals surface area contributed by atoms with Gasteiger partial charge >= 0.3 is 0 Å². The molecule has 0 unspecified atom stereocenters. The topological polar surface area (TPSA) is 89.8 Å².